The summed E-state index contributed by atoms with van der Waals surface area (Å²) in [5, 5.41) is 5.77. The standard InChI is InChI=1S/C19H34N4O2/c1-16-15-22-18(11-13-21-19(24)20-12-8-14-25-2)23(16)17-9-6-4-3-5-7-10-17/h15,17H,3-14H2,1-2H3,(H2,20,21,24). The lowest BCUT2D eigenvalue weighted by molar-refractivity contribution is 0.193. The van der Waals surface area contributed by atoms with Gasteiger partial charge < -0.3 is 19.9 Å². The molecule has 1 aromatic rings. The Kier molecular flexibility index (Phi) is 8.80. The van der Waals surface area contributed by atoms with Crippen LogP contribution in [0.2, 0.25) is 0 Å². The fourth-order valence-electron chi connectivity index (χ4n) is 3.64. The molecule has 0 atom stereocenters. The number of imidazole rings is 1. The average Bonchev–Trinajstić information content (AvgIpc) is 2.93. The summed E-state index contributed by atoms with van der Waals surface area (Å²) in [6.07, 6.45) is 12.8. The highest BCUT2D eigenvalue weighted by atomic mass is 16.5. The number of aromatic nitrogens is 2. The van der Waals surface area contributed by atoms with Crippen LogP contribution in [0.3, 0.4) is 0 Å². The molecule has 0 radical (unpaired) electrons. The fourth-order valence-corrected chi connectivity index (χ4v) is 3.64. The molecule has 0 aromatic carbocycles. The summed E-state index contributed by atoms with van der Waals surface area (Å²) >= 11 is 0. The van der Waals surface area contributed by atoms with Crippen LogP contribution in [0.4, 0.5) is 4.79 Å². The molecule has 0 spiro atoms. The van der Waals surface area contributed by atoms with E-state index in [4.69, 9.17) is 4.74 Å². The molecule has 1 fully saturated rings. The topological polar surface area (TPSA) is 68.2 Å². The van der Waals surface area contributed by atoms with Crippen molar-refractivity contribution >= 4 is 6.03 Å². The van der Waals surface area contributed by atoms with Crippen LogP contribution in [0.1, 0.15) is 68.9 Å². The van der Waals surface area contributed by atoms with E-state index in [1.54, 1.807) is 7.11 Å². The van der Waals surface area contributed by atoms with E-state index in [9.17, 15) is 4.79 Å². The molecule has 2 N–H and O–H groups in total. The highest BCUT2D eigenvalue weighted by Crippen LogP contribution is 2.28. The van der Waals surface area contributed by atoms with E-state index < -0.39 is 0 Å². The van der Waals surface area contributed by atoms with E-state index in [0.717, 1.165) is 18.7 Å². The molecule has 6 heteroatoms. The molecule has 0 saturated heterocycles. The van der Waals surface area contributed by atoms with Crippen molar-refractivity contribution < 1.29 is 9.53 Å². The molecule has 2 rings (SSSR count). The quantitative estimate of drug-likeness (QED) is 0.707. The van der Waals surface area contributed by atoms with Gasteiger partial charge in [0.1, 0.15) is 5.82 Å². The third-order valence-electron chi connectivity index (χ3n) is 4.94. The number of carbonyl (C=O) groups excluding carboxylic acids is 1. The Labute approximate surface area is 151 Å². The molecule has 6 nitrogen and oxygen atoms in total. The third kappa shape index (κ3) is 6.69. The van der Waals surface area contributed by atoms with E-state index in [1.807, 2.05) is 6.20 Å². The normalized spacial score (nSPS) is 16.2. The summed E-state index contributed by atoms with van der Waals surface area (Å²) in [4.78, 5) is 16.4. The zero-order chi connectivity index (χ0) is 17.9. The number of nitrogens with one attached hydrogen (secondary N) is 2. The summed E-state index contributed by atoms with van der Waals surface area (Å²) in [7, 11) is 1.67. The van der Waals surface area contributed by atoms with Crippen LogP contribution in [0.25, 0.3) is 0 Å². The largest absolute Gasteiger partial charge is 0.385 e. The minimum absolute atomic E-state index is 0.114. The van der Waals surface area contributed by atoms with Crippen LogP contribution in [0, 0.1) is 6.92 Å². The van der Waals surface area contributed by atoms with Crippen molar-refractivity contribution in [3.63, 3.8) is 0 Å². The molecule has 25 heavy (non-hydrogen) atoms. The first-order valence-corrected chi connectivity index (χ1v) is 9.75. The number of amides is 2. The van der Waals surface area contributed by atoms with E-state index in [1.165, 1.54) is 50.6 Å². The Morgan fingerprint density at radius 3 is 2.60 bits per heavy atom. The van der Waals surface area contributed by atoms with Crippen LogP contribution >= 0.6 is 0 Å². The summed E-state index contributed by atoms with van der Waals surface area (Å²) in [6, 6.07) is 0.456. The van der Waals surface area contributed by atoms with Crippen LogP contribution < -0.4 is 10.6 Å². The van der Waals surface area contributed by atoms with Gasteiger partial charge in [0.15, 0.2) is 0 Å². The maximum absolute atomic E-state index is 11.8. The van der Waals surface area contributed by atoms with Crippen molar-refractivity contribution in [3.8, 4) is 0 Å². The maximum atomic E-state index is 11.8. The Morgan fingerprint density at radius 1 is 1.20 bits per heavy atom. The number of nitrogens with zero attached hydrogens (tertiary/aromatic N) is 2. The van der Waals surface area contributed by atoms with Gasteiger partial charge >= 0.3 is 6.03 Å². The molecule has 1 heterocycles. The number of rotatable bonds is 8. The molecule has 2 amide bonds. The van der Waals surface area contributed by atoms with Gasteiger partial charge in [-0.1, -0.05) is 32.1 Å². The monoisotopic (exact) mass is 350 g/mol. The summed E-state index contributed by atoms with van der Waals surface area (Å²) in [5.74, 6) is 1.10. The second-order valence-corrected chi connectivity index (χ2v) is 6.96. The molecule has 0 aliphatic heterocycles. The number of hydrogen-bond donors (Lipinski definition) is 2. The van der Waals surface area contributed by atoms with Crippen LogP contribution in [0.15, 0.2) is 6.20 Å². The summed E-state index contributed by atoms with van der Waals surface area (Å²) in [6.45, 7) is 4.05. The Morgan fingerprint density at radius 2 is 1.88 bits per heavy atom. The number of hydrogen-bond acceptors (Lipinski definition) is 3. The molecular weight excluding hydrogens is 316 g/mol. The van der Waals surface area contributed by atoms with Crippen molar-refractivity contribution in [1.29, 1.82) is 0 Å². The van der Waals surface area contributed by atoms with Gasteiger partial charge in [-0.3, -0.25) is 0 Å². The zero-order valence-electron chi connectivity index (χ0n) is 15.9. The first kappa shape index (κ1) is 19.8. The highest BCUT2D eigenvalue weighted by Gasteiger charge is 2.18. The van der Waals surface area contributed by atoms with Crippen molar-refractivity contribution in [3.05, 3.63) is 17.7 Å². The van der Waals surface area contributed by atoms with Crippen molar-refractivity contribution in [2.24, 2.45) is 0 Å². The first-order valence-electron chi connectivity index (χ1n) is 9.75. The minimum atomic E-state index is -0.114. The van der Waals surface area contributed by atoms with Gasteiger partial charge in [0.25, 0.3) is 0 Å². The van der Waals surface area contributed by atoms with Crippen molar-refractivity contribution in [1.82, 2.24) is 20.2 Å². The maximum Gasteiger partial charge on any atom is 0.314 e. The number of ether oxygens (including phenoxy) is 1. The Bertz CT molecular complexity index is 508. The molecular formula is C19H34N4O2. The van der Waals surface area contributed by atoms with Crippen LogP contribution in [-0.2, 0) is 11.2 Å². The molecule has 1 aliphatic rings. The number of aryl methyl sites for hydroxylation is 1. The Hall–Kier alpha value is -1.56. The van der Waals surface area contributed by atoms with Crippen LogP contribution in [-0.4, -0.2) is 42.4 Å². The molecule has 0 bridgehead atoms. The van der Waals surface area contributed by atoms with Crippen molar-refractivity contribution in [2.75, 3.05) is 26.8 Å². The molecule has 1 aliphatic carbocycles. The molecule has 142 valence electrons. The zero-order valence-corrected chi connectivity index (χ0v) is 15.9. The second-order valence-electron chi connectivity index (χ2n) is 6.96. The molecule has 1 aromatic heterocycles. The van der Waals surface area contributed by atoms with Gasteiger partial charge in [0, 0.05) is 51.2 Å². The van der Waals surface area contributed by atoms with E-state index in [-0.39, 0.29) is 6.03 Å². The van der Waals surface area contributed by atoms with Crippen LogP contribution in [0.5, 0.6) is 0 Å². The summed E-state index contributed by atoms with van der Waals surface area (Å²) in [5.41, 5.74) is 1.24. The number of urea groups is 1. The number of methoxy groups -OCH3 is 1. The lowest BCUT2D eigenvalue weighted by atomic mass is 9.96. The minimum Gasteiger partial charge on any atom is -0.385 e. The lowest BCUT2D eigenvalue weighted by Crippen LogP contribution is -2.37. The second kappa shape index (κ2) is 11.1. The summed E-state index contributed by atoms with van der Waals surface area (Å²) < 4.78 is 7.39. The first-order chi connectivity index (χ1) is 12.2. The third-order valence-corrected chi connectivity index (χ3v) is 4.94. The van der Waals surface area contributed by atoms with Gasteiger partial charge in [-0.05, 0) is 26.2 Å². The van der Waals surface area contributed by atoms with Gasteiger partial charge in [0.2, 0.25) is 0 Å². The fraction of sp³-hybridized carbons (Fsp3) is 0.789. The molecule has 1 saturated carbocycles. The van der Waals surface area contributed by atoms with E-state index in [0.29, 0.717) is 25.7 Å². The average molecular weight is 351 g/mol. The smallest absolute Gasteiger partial charge is 0.314 e. The molecule has 0 unspecified atom stereocenters. The SMILES string of the molecule is COCCCNC(=O)NCCc1ncc(C)n1C1CCCCCCC1. The van der Waals surface area contributed by atoms with Gasteiger partial charge in [-0.15, -0.1) is 0 Å². The predicted octanol–water partition coefficient (Wildman–Crippen LogP) is 3.36. The van der Waals surface area contributed by atoms with Gasteiger partial charge in [0.05, 0.1) is 0 Å². The van der Waals surface area contributed by atoms with E-state index in [2.05, 4.69) is 27.1 Å². The predicted molar refractivity (Wildman–Crippen MR) is 99.9 cm³/mol. The van der Waals surface area contributed by atoms with E-state index >= 15 is 0 Å². The number of carbonyl (C=O) groups is 1. The lowest BCUT2D eigenvalue weighted by Gasteiger charge is -2.24. The van der Waals surface area contributed by atoms with Crippen molar-refractivity contribution in [2.45, 2.75) is 70.8 Å². The highest BCUT2D eigenvalue weighted by molar-refractivity contribution is 5.73. The van der Waals surface area contributed by atoms with Gasteiger partial charge in [-0.25, -0.2) is 9.78 Å². The Balaban J connectivity index is 1.81. The van der Waals surface area contributed by atoms with Gasteiger partial charge in [-0.2, -0.15) is 0 Å².